The first-order valence-corrected chi connectivity index (χ1v) is 11.0. The van der Waals surface area contributed by atoms with E-state index in [0.29, 0.717) is 31.0 Å². The molecule has 0 N–H and O–H groups in total. The van der Waals surface area contributed by atoms with Crippen LogP contribution in [0.15, 0.2) is 64.3 Å². The SMILES string of the molecule is COc1ccccc1Cc1cnc([C@H]2CCCCN2S(=O)(=O)c2cccnc2)o1. The minimum absolute atomic E-state index is 0.188. The van der Waals surface area contributed by atoms with Gasteiger partial charge in [-0.1, -0.05) is 24.6 Å². The molecule has 1 aromatic carbocycles. The number of piperidine rings is 1. The fraction of sp³-hybridized carbons (Fsp3) is 0.333. The van der Waals surface area contributed by atoms with E-state index in [1.807, 2.05) is 24.3 Å². The summed E-state index contributed by atoms with van der Waals surface area (Å²) in [5.74, 6) is 1.89. The largest absolute Gasteiger partial charge is 0.496 e. The van der Waals surface area contributed by atoms with Crippen LogP contribution in [0.5, 0.6) is 5.75 Å². The molecule has 0 aliphatic carbocycles. The monoisotopic (exact) mass is 413 g/mol. The van der Waals surface area contributed by atoms with Crippen LogP contribution in [-0.4, -0.2) is 36.3 Å². The predicted octanol–water partition coefficient (Wildman–Crippen LogP) is 3.58. The summed E-state index contributed by atoms with van der Waals surface area (Å²) < 4.78 is 39.2. The molecule has 29 heavy (non-hydrogen) atoms. The molecule has 1 aliphatic rings. The van der Waals surface area contributed by atoms with Gasteiger partial charge in [0.2, 0.25) is 15.9 Å². The van der Waals surface area contributed by atoms with E-state index in [0.717, 1.165) is 24.2 Å². The molecule has 0 amide bonds. The quantitative estimate of drug-likeness (QED) is 0.614. The van der Waals surface area contributed by atoms with E-state index < -0.39 is 16.1 Å². The molecule has 0 saturated carbocycles. The highest BCUT2D eigenvalue weighted by Gasteiger charge is 2.37. The second-order valence-corrected chi connectivity index (χ2v) is 8.86. The Hall–Kier alpha value is -2.71. The summed E-state index contributed by atoms with van der Waals surface area (Å²) in [6.07, 6.45) is 7.55. The standard InChI is InChI=1S/C21H23N3O4S/c1-27-20-10-3-2-7-16(20)13-17-14-23-21(28-17)19-9-4-5-12-24(19)29(25,26)18-8-6-11-22-15-18/h2-3,6-8,10-11,14-15,19H,4-5,9,12-13H2,1H3/t19-/m1/s1. The Balaban J connectivity index is 1.60. The van der Waals surface area contributed by atoms with Gasteiger partial charge in [-0.05, 0) is 31.0 Å². The predicted molar refractivity (Wildman–Crippen MR) is 107 cm³/mol. The lowest BCUT2D eigenvalue weighted by atomic mass is 10.1. The first-order valence-electron chi connectivity index (χ1n) is 9.58. The second kappa shape index (κ2) is 8.34. The summed E-state index contributed by atoms with van der Waals surface area (Å²) in [6, 6.07) is 10.5. The molecular weight excluding hydrogens is 390 g/mol. The Morgan fingerprint density at radius 1 is 1.17 bits per heavy atom. The molecular formula is C21H23N3O4S. The Morgan fingerprint density at radius 2 is 2.03 bits per heavy atom. The van der Waals surface area contributed by atoms with E-state index in [-0.39, 0.29) is 4.90 Å². The van der Waals surface area contributed by atoms with Crippen molar-refractivity contribution in [3.05, 3.63) is 72.2 Å². The molecule has 152 valence electrons. The van der Waals surface area contributed by atoms with E-state index in [9.17, 15) is 8.42 Å². The first kappa shape index (κ1) is 19.6. The zero-order valence-electron chi connectivity index (χ0n) is 16.2. The van der Waals surface area contributed by atoms with E-state index in [1.165, 1.54) is 10.5 Å². The highest BCUT2D eigenvalue weighted by Crippen LogP contribution is 2.35. The number of para-hydroxylation sites is 1. The van der Waals surface area contributed by atoms with Gasteiger partial charge in [-0.25, -0.2) is 13.4 Å². The molecule has 0 unspecified atom stereocenters. The zero-order chi connectivity index (χ0) is 20.3. The van der Waals surface area contributed by atoms with E-state index in [2.05, 4.69) is 9.97 Å². The van der Waals surface area contributed by atoms with Crippen LogP contribution in [0.2, 0.25) is 0 Å². The summed E-state index contributed by atoms with van der Waals surface area (Å²) in [6.45, 7) is 0.437. The number of pyridine rings is 1. The van der Waals surface area contributed by atoms with E-state index >= 15 is 0 Å². The van der Waals surface area contributed by atoms with Crippen molar-refractivity contribution in [1.29, 1.82) is 0 Å². The summed E-state index contributed by atoms with van der Waals surface area (Å²) in [5.41, 5.74) is 0.987. The lowest BCUT2D eigenvalue weighted by Crippen LogP contribution is -2.38. The summed E-state index contributed by atoms with van der Waals surface area (Å²) >= 11 is 0. The molecule has 7 nitrogen and oxygen atoms in total. The summed E-state index contributed by atoms with van der Waals surface area (Å²) in [7, 11) is -2.04. The molecule has 1 aliphatic heterocycles. The molecule has 4 rings (SSSR count). The zero-order valence-corrected chi connectivity index (χ0v) is 17.0. The average molecular weight is 413 g/mol. The molecule has 0 radical (unpaired) electrons. The second-order valence-electron chi connectivity index (χ2n) is 6.97. The fourth-order valence-electron chi connectivity index (χ4n) is 3.67. The molecule has 1 fully saturated rings. The van der Waals surface area contributed by atoms with Gasteiger partial charge in [0.05, 0.1) is 13.3 Å². The minimum Gasteiger partial charge on any atom is -0.496 e. The van der Waals surface area contributed by atoms with Crippen LogP contribution in [0.3, 0.4) is 0 Å². The first-order chi connectivity index (χ1) is 14.1. The summed E-state index contributed by atoms with van der Waals surface area (Å²) in [5, 5.41) is 0. The highest BCUT2D eigenvalue weighted by atomic mass is 32.2. The maximum Gasteiger partial charge on any atom is 0.245 e. The van der Waals surface area contributed by atoms with Gasteiger partial charge in [0.15, 0.2) is 0 Å². The number of nitrogens with zero attached hydrogens (tertiary/aromatic N) is 3. The Labute approximate surface area is 170 Å². The van der Waals surface area contributed by atoms with Crippen molar-refractivity contribution in [2.75, 3.05) is 13.7 Å². The van der Waals surface area contributed by atoms with Crippen molar-refractivity contribution in [2.45, 2.75) is 36.6 Å². The normalized spacial score (nSPS) is 17.9. The third-order valence-electron chi connectivity index (χ3n) is 5.11. The van der Waals surface area contributed by atoms with Gasteiger partial charge in [0.1, 0.15) is 22.4 Å². The maximum atomic E-state index is 13.2. The number of rotatable bonds is 6. The van der Waals surface area contributed by atoms with E-state index in [4.69, 9.17) is 9.15 Å². The van der Waals surface area contributed by atoms with Crippen molar-refractivity contribution in [2.24, 2.45) is 0 Å². The summed E-state index contributed by atoms with van der Waals surface area (Å²) in [4.78, 5) is 8.56. The molecule has 0 spiro atoms. The number of hydrogen-bond acceptors (Lipinski definition) is 6. The smallest absolute Gasteiger partial charge is 0.245 e. The van der Waals surface area contributed by atoms with Gasteiger partial charge >= 0.3 is 0 Å². The topological polar surface area (TPSA) is 85.5 Å². The van der Waals surface area contributed by atoms with Gasteiger partial charge < -0.3 is 9.15 Å². The van der Waals surface area contributed by atoms with Crippen molar-refractivity contribution in [3.8, 4) is 5.75 Å². The lowest BCUT2D eigenvalue weighted by molar-refractivity contribution is 0.216. The highest BCUT2D eigenvalue weighted by molar-refractivity contribution is 7.89. The van der Waals surface area contributed by atoms with Crippen LogP contribution >= 0.6 is 0 Å². The number of benzene rings is 1. The molecule has 3 aromatic rings. The molecule has 8 heteroatoms. The van der Waals surface area contributed by atoms with Gasteiger partial charge in [-0.15, -0.1) is 0 Å². The molecule has 3 heterocycles. The lowest BCUT2D eigenvalue weighted by Gasteiger charge is -2.32. The van der Waals surface area contributed by atoms with Crippen molar-refractivity contribution in [3.63, 3.8) is 0 Å². The van der Waals surface area contributed by atoms with Crippen LogP contribution < -0.4 is 4.74 Å². The average Bonchev–Trinajstić information content (AvgIpc) is 3.23. The minimum atomic E-state index is -3.67. The van der Waals surface area contributed by atoms with E-state index in [1.54, 1.807) is 31.6 Å². The van der Waals surface area contributed by atoms with Crippen molar-refractivity contribution >= 4 is 10.0 Å². The maximum absolute atomic E-state index is 13.2. The number of sulfonamides is 1. The van der Waals surface area contributed by atoms with Crippen LogP contribution in [0, 0.1) is 0 Å². The van der Waals surface area contributed by atoms with Gasteiger partial charge in [0, 0.05) is 30.9 Å². The number of methoxy groups -OCH3 is 1. The number of aromatic nitrogens is 2. The molecule has 0 bridgehead atoms. The van der Waals surface area contributed by atoms with Crippen molar-refractivity contribution in [1.82, 2.24) is 14.3 Å². The Bertz CT molecular complexity index is 1070. The fourth-order valence-corrected chi connectivity index (χ4v) is 5.29. The van der Waals surface area contributed by atoms with Gasteiger partial charge in [-0.2, -0.15) is 4.31 Å². The third-order valence-corrected chi connectivity index (χ3v) is 7.00. The van der Waals surface area contributed by atoms with Crippen LogP contribution in [0.4, 0.5) is 0 Å². The van der Waals surface area contributed by atoms with Crippen LogP contribution in [0.25, 0.3) is 0 Å². The van der Waals surface area contributed by atoms with Gasteiger partial charge in [0.25, 0.3) is 0 Å². The number of hydrogen-bond donors (Lipinski definition) is 0. The van der Waals surface area contributed by atoms with Crippen LogP contribution in [-0.2, 0) is 16.4 Å². The number of ether oxygens (including phenoxy) is 1. The van der Waals surface area contributed by atoms with Gasteiger partial charge in [-0.3, -0.25) is 4.98 Å². The number of oxazole rings is 1. The van der Waals surface area contributed by atoms with Crippen molar-refractivity contribution < 1.29 is 17.6 Å². The Morgan fingerprint density at radius 3 is 2.83 bits per heavy atom. The third kappa shape index (κ3) is 4.04. The molecule has 2 aromatic heterocycles. The Kier molecular flexibility index (Phi) is 5.64. The van der Waals surface area contributed by atoms with Crippen LogP contribution in [0.1, 0.15) is 42.5 Å². The molecule has 1 atom stereocenters. The molecule has 1 saturated heterocycles.